The first-order valence-corrected chi connectivity index (χ1v) is 7.19. The molecular weight excluding hydrogens is 270 g/mol. The van der Waals surface area contributed by atoms with Crippen LogP contribution in [0, 0.1) is 0 Å². The maximum Gasteiger partial charge on any atom is 0.129 e. The average Bonchev–Trinajstić information content (AvgIpc) is 3.08. The summed E-state index contributed by atoms with van der Waals surface area (Å²) in [7, 11) is 1.92. The van der Waals surface area contributed by atoms with Crippen LogP contribution in [-0.2, 0) is 31.4 Å². The van der Waals surface area contributed by atoms with E-state index in [1.165, 1.54) is 5.56 Å². The lowest BCUT2D eigenvalue weighted by molar-refractivity contribution is 0.0225. The van der Waals surface area contributed by atoms with Gasteiger partial charge in [-0.05, 0) is 18.6 Å². The van der Waals surface area contributed by atoms with E-state index in [-0.39, 0.29) is 6.61 Å². The number of nitrogens with zero attached hydrogens (tertiary/aromatic N) is 2. The van der Waals surface area contributed by atoms with E-state index in [4.69, 9.17) is 9.15 Å². The monoisotopic (exact) mass is 293 g/mol. The summed E-state index contributed by atoms with van der Waals surface area (Å²) in [6.07, 6.45) is 3.98. The predicted molar refractivity (Wildman–Crippen MR) is 78.7 cm³/mol. The molecule has 2 heterocycles. The van der Waals surface area contributed by atoms with Gasteiger partial charge in [0.25, 0.3) is 0 Å². The maximum atomic E-state index is 9.85. The van der Waals surface area contributed by atoms with Crippen molar-refractivity contribution in [3.63, 3.8) is 0 Å². The van der Waals surface area contributed by atoms with Gasteiger partial charge < -0.3 is 19.6 Å². The Balaban J connectivity index is 1.63. The van der Waals surface area contributed by atoms with Crippen molar-refractivity contribution in [1.29, 1.82) is 0 Å². The second-order valence-electron chi connectivity index (χ2n) is 5.01. The first-order valence-electron chi connectivity index (χ1n) is 7.19. The number of hydrogen-bond donors (Lipinski definition) is 2. The summed E-state index contributed by atoms with van der Waals surface area (Å²) < 4.78 is 12.4. The molecule has 6 heteroatoms. The van der Waals surface area contributed by atoms with Crippen molar-refractivity contribution in [2.45, 2.75) is 32.6 Å². The van der Waals surface area contributed by atoms with Crippen LogP contribution in [0.15, 0.2) is 29.0 Å². The Labute approximate surface area is 124 Å². The molecular formula is C15H23N3O3. The molecule has 2 N–H and O–H groups in total. The van der Waals surface area contributed by atoms with Crippen molar-refractivity contribution in [3.05, 3.63) is 41.6 Å². The number of nitrogens with one attached hydrogen (secondary N) is 1. The third-order valence-electron chi connectivity index (χ3n) is 3.16. The van der Waals surface area contributed by atoms with E-state index in [9.17, 15) is 5.11 Å². The van der Waals surface area contributed by atoms with Crippen LogP contribution in [0.5, 0.6) is 0 Å². The molecule has 0 aliphatic rings. The fraction of sp³-hybridized carbons (Fsp3) is 0.533. The van der Waals surface area contributed by atoms with Crippen LogP contribution >= 0.6 is 0 Å². The minimum atomic E-state index is -0.540. The highest BCUT2D eigenvalue weighted by Crippen LogP contribution is 2.06. The van der Waals surface area contributed by atoms with Crippen molar-refractivity contribution < 1.29 is 14.3 Å². The van der Waals surface area contributed by atoms with Gasteiger partial charge in [0, 0.05) is 31.9 Å². The van der Waals surface area contributed by atoms with Gasteiger partial charge in [-0.15, -0.1) is 0 Å². The van der Waals surface area contributed by atoms with E-state index < -0.39 is 6.10 Å². The van der Waals surface area contributed by atoms with E-state index >= 15 is 0 Å². The van der Waals surface area contributed by atoms with Gasteiger partial charge >= 0.3 is 0 Å². The molecule has 21 heavy (non-hydrogen) atoms. The number of aromatic nitrogens is 2. The van der Waals surface area contributed by atoms with Gasteiger partial charge in [-0.3, -0.25) is 4.68 Å². The quantitative estimate of drug-likeness (QED) is 0.728. The van der Waals surface area contributed by atoms with Crippen LogP contribution < -0.4 is 5.32 Å². The van der Waals surface area contributed by atoms with Crippen LogP contribution in [0.3, 0.4) is 0 Å². The van der Waals surface area contributed by atoms with E-state index in [0.29, 0.717) is 19.7 Å². The lowest BCUT2D eigenvalue weighted by atomic mass is 10.2. The lowest BCUT2D eigenvalue weighted by Gasteiger charge is -2.11. The first-order chi connectivity index (χ1) is 10.2. The predicted octanol–water partition coefficient (Wildman–Crippen LogP) is 1.24. The Bertz CT molecular complexity index is 522. The van der Waals surface area contributed by atoms with E-state index in [1.54, 1.807) is 6.26 Å². The summed E-state index contributed by atoms with van der Waals surface area (Å²) in [5.74, 6) is 0.762. The third kappa shape index (κ3) is 5.00. The Morgan fingerprint density at radius 1 is 1.52 bits per heavy atom. The molecule has 0 saturated carbocycles. The zero-order valence-electron chi connectivity index (χ0n) is 12.6. The number of rotatable bonds is 9. The molecule has 0 spiro atoms. The summed E-state index contributed by atoms with van der Waals surface area (Å²) >= 11 is 0. The highest BCUT2D eigenvalue weighted by atomic mass is 16.5. The van der Waals surface area contributed by atoms with Gasteiger partial charge in [0.05, 0.1) is 24.7 Å². The molecule has 0 aliphatic heterocycles. The third-order valence-corrected chi connectivity index (χ3v) is 3.16. The van der Waals surface area contributed by atoms with Gasteiger partial charge in [0.15, 0.2) is 0 Å². The molecule has 0 fully saturated rings. The van der Waals surface area contributed by atoms with E-state index in [0.717, 1.165) is 17.9 Å². The summed E-state index contributed by atoms with van der Waals surface area (Å²) in [4.78, 5) is 0. The second kappa shape index (κ2) is 7.97. The first kappa shape index (κ1) is 15.8. The van der Waals surface area contributed by atoms with Gasteiger partial charge in [-0.2, -0.15) is 5.10 Å². The number of ether oxygens (including phenoxy) is 1. The Morgan fingerprint density at radius 3 is 3.10 bits per heavy atom. The zero-order chi connectivity index (χ0) is 15.1. The standard InChI is InChI=1S/C15H23N3O3/c1-3-15-12(9-18(2)17-15)7-16-8-13(19)10-20-11-14-5-4-6-21-14/h4-6,9,13,16,19H,3,7-8,10-11H2,1-2H3. The van der Waals surface area contributed by atoms with Gasteiger partial charge in [-0.25, -0.2) is 0 Å². The number of aryl methyl sites for hydroxylation is 2. The van der Waals surface area contributed by atoms with Crippen molar-refractivity contribution >= 4 is 0 Å². The molecule has 2 aromatic rings. The van der Waals surface area contributed by atoms with Crippen molar-refractivity contribution in [1.82, 2.24) is 15.1 Å². The molecule has 0 radical (unpaired) electrons. The van der Waals surface area contributed by atoms with Gasteiger partial charge in [0.1, 0.15) is 12.4 Å². The molecule has 0 aromatic carbocycles. The number of aliphatic hydroxyl groups excluding tert-OH is 1. The number of furan rings is 1. The average molecular weight is 293 g/mol. The fourth-order valence-corrected chi connectivity index (χ4v) is 2.15. The molecule has 1 unspecified atom stereocenters. The summed E-state index contributed by atoms with van der Waals surface area (Å²) in [5, 5.41) is 17.5. The van der Waals surface area contributed by atoms with E-state index in [2.05, 4.69) is 17.3 Å². The molecule has 116 valence electrons. The topological polar surface area (TPSA) is 72.5 Å². The number of hydrogen-bond acceptors (Lipinski definition) is 5. The Hall–Kier alpha value is -1.63. The molecule has 0 saturated heterocycles. The highest BCUT2D eigenvalue weighted by molar-refractivity contribution is 5.16. The largest absolute Gasteiger partial charge is 0.467 e. The van der Waals surface area contributed by atoms with Crippen LogP contribution in [0.25, 0.3) is 0 Å². The van der Waals surface area contributed by atoms with Crippen molar-refractivity contribution in [2.24, 2.45) is 7.05 Å². The highest BCUT2D eigenvalue weighted by Gasteiger charge is 2.08. The molecule has 0 aliphatic carbocycles. The van der Waals surface area contributed by atoms with Crippen molar-refractivity contribution in [3.8, 4) is 0 Å². The van der Waals surface area contributed by atoms with E-state index in [1.807, 2.05) is 30.1 Å². The maximum absolute atomic E-state index is 9.85. The zero-order valence-corrected chi connectivity index (χ0v) is 12.6. The number of aliphatic hydroxyl groups is 1. The van der Waals surface area contributed by atoms with Crippen LogP contribution in [0.2, 0.25) is 0 Å². The minimum Gasteiger partial charge on any atom is -0.467 e. The second-order valence-corrected chi connectivity index (χ2v) is 5.01. The van der Waals surface area contributed by atoms with Gasteiger partial charge in [-0.1, -0.05) is 6.92 Å². The molecule has 2 rings (SSSR count). The minimum absolute atomic E-state index is 0.279. The molecule has 0 amide bonds. The van der Waals surface area contributed by atoms with Crippen LogP contribution in [0.4, 0.5) is 0 Å². The Kier molecular flexibility index (Phi) is 5.98. The Morgan fingerprint density at radius 2 is 2.38 bits per heavy atom. The van der Waals surface area contributed by atoms with Gasteiger partial charge in [0.2, 0.25) is 0 Å². The summed E-state index contributed by atoms with van der Waals surface area (Å²) in [6, 6.07) is 3.66. The fourth-order valence-electron chi connectivity index (χ4n) is 2.15. The SMILES string of the molecule is CCc1nn(C)cc1CNCC(O)COCc1ccco1. The summed E-state index contributed by atoms with van der Waals surface area (Å²) in [5.41, 5.74) is 2.26. The lowest BCUT2D eigenvalue weighted by Crippen LogP contribution is -2.30. The van der Waals surface area contributed by atoms with Crippen LogP contribution in [0.1, 0.15) is 23.9 Å². The smallest absolute Gasteiger partial charge is 0.129 e. The van der Waals surface area contributed by atoms with Crippen molar-refractivity contribution in [2.75, 3.05) is 13.2 Å². The summed E-state index contributed by atoms with van der Waals surface area (Å²) in [6.45, 7) is 3.93. The van der Waals surface area contributed by atoms with Crippen LogP contribution in [-0.4, -0.2) is 34.1 Å². The molecule has 0 bridgehead atoms. The molecule has 6 nitrogen and oxygen atoms in total. The molecule has 2 aromatic heterocycles. The molecule has 1 atom stereocenters. The normalized spacial score (nSPS) is 12.7.